The fraction of sp³-hybridized carbons (Fsp3) is 0.118. The summed E-state index contributed by atoms with van der Waals surface area (Å²) in [4.78, 5) is 4.63. The molecule has 0 bridgehead atoms. The minimum Gasteiger partial charge on any atom is -0.380 e. The lowest BCUT2D eigenvalue weighted by atomic mass is 10.1. The molecular formula is C17H17N3O2S. The molecule has 3 N–H and O–H groups in total. The van der Waals surface area contributed by atoms with Gasteiger partial charge in [0.25, 0.3) is 0 Å². The highest BCUT2D eigenvalue weighted by atomic mass is 32.2. The van der Waals surface area contributed by atoms with Crippen LogP contribution in [0, 0.1) is 6.92 Å². The molecule has 0 saturated carbocycles. The van der Waals surface area contributed by atoms with Crippen LogP contribution in [0.2, 0.25) is 0 Å². The lowest BCUT2D eigenvalue weighted by Gasteiger charge is -2.11. The molecule has 0 aliphatic rings. The number of benzene rings is 2. The molecule has 0 fully saturated rings. The number of fused-ring (bicyclic) bond motifs is 1. The highest BCUT2D eigenvalue weighted by Crippen LogP contribution is 2.23. The maximum atomic E-state index is 11.3. The summed E-state index contributed by atoms with van der Waals surface area (Å²) in [6.07, 6.45) is 0. The van der Waals surface area contributed by atoms with E-state index in [4.69, 9.17) is 5.14 Å². The van der Waals surface area contributed by atoms with E-state index in [0.717, 1.165) is 27.8 Å². The topological polar surface area (TPSA) is 85.1 Å². The van der Waals surface area contributed by atoms with Gasteiger partial charge in [0, 0.05) is 23.3 Å². The lowest BCUT2D eigenvalue weighted by Crippen LogP contribution is -2.12. The van der Waals surface area contributed by atoms with Gasteiger partial charge in [0.2, 0.25) is 10.0 Å². The van der Waals surface area contributed by atoms with Gasteiger partial charge in [-0.25, -0.2) is 13.6 Å². The Balaban J connectivity index is 1.84. The summed E-state index contributed by atoms with van der Waals surface area (Å²) in [5.74, 6) is 0. The standard InChI is InChI=1S/C17H17N3O2S/c1-12-10-17(15-4-2-3-5-16(15)20-12)19-11-13-6-8-14(9-7-13)23(18,21)22/h2-10H,11H2,1H3,(H,19,20)(H2,18,21,22). The van der Waals surface area contributed by atoms with E-state index in [9.17, 15) is 8.42 Å². The molecular weight excluding hydrogens is 310 g/mol. The van der Waals surface area contributed by atoms with Crippen molar-refractivity contribution in [1.82, 2.24) is 4.98 Å². The van der Waals surface area contributed by atoms with Crippen molar-refractivity contribution in [3.8, 4) is 0 Å². The summed E-state index contributed by atoms with van der Waals surface area (Å²) < 4.78 is 22.5. The van der Waals surface area contributed by atoms with E-state index in [1.54, 1.807) is 12.1 Å². The third-order valence-corrected chi connectivity index (χ3v) is 4.51. The van der Waals surface area contributed by atoms with Gasteiger partial charge in [-0.05, 0) is 36.8 Å². The predicted molar refractivity (Wildman–Crippen MR) is 91.6 cm³/mol. The molecule has 3 aromatic rings. The largest absolute Gasteiger partial charge is 0.380 e. The van der Waals surface area contributed by atoms with Crippen LogP contribution >= 0.6 is 0 Å². The van der Waals surface area contributed by atoms with Crippen molar-refractivity contribution in [3.05, 3.63) is 65.9 Å². The molecule has 1 aromatic heterocycles. The van der Waals surface area contributed by atoms with Crippen molar-refractivity contribution in [2.45, 2.75) is 18.4 Å². The van der Waals surface area contributed by atoms with Gasteiger partial charge in [0.15, 0.2) is 0 Å². The number of aryl methyl sites for hydroxylation is 1. The number of nitrogens with one attached hydrogen (secondary N) is 1. The molecule has 0 amide bonds. The number of pyridine rings is 1. The summed E-state index contributed by atoms with van der Waals surface area (Å²) in [6.45, 7) is 2.54. The zero-order valence-corrected chi connectivity index (χ0v) is 13.5. The van der Waals surface area contributed by atoms with E-state index in [2.05, 4.69) is 10.3 Å². The van der Waals surface area contributed by atoms with Crippen molar-refractivity contribution >= 4 is 26.6 Å². The minimum atomic E-state index is -3.65. The van der Waals surface area contributed by atoms with Gasteiger partial charge in [-0.3, -0.25) is 4.98 Å². The Kier molecular flexibility index (Phi) is 4.02. The molecule has 5 nitrogen and oxygen atoms in total. The summed E-state index contributed by atoms with van der Waals surface area (Å²) in [6, 6.07) is 16.5. The van der Waals surface area contributed by atoms with Crippen LogP contribution < -0.4 is 10.5 Å². The first-order valence-corrected chi connectivity index (χ1v) is 8.70. The second kappa shape index (κ2) is 5.98. The first-order chi connectivity index (χ1) is 10.9. The zero-order chi connectivity index (χ0) is 16.4. The Hall–Kier alpha value is -2.44. The highest BCUT2D eigenvalue weighted by Gasteiger charge is 2.07. The first-order valence-electron chi connectivity index (χ1n) is 7.15. The van der Waals surface area contributed by atoms with Crippen LogP contribution in [0.4, 0.5) is 5.69 Å². The average molecular weight is 327 g/mol. The molecule has 3 rings (SSSR count). The number of hydrogen-bond acceptors (Lipinski definition) is 4. The summed E-state index contributed by atoms with van der Waals surface area (Å²) in [5.41, 5.74) is 3.86. The van der Waals surface area contributed by atoms with Crippen molar-refractivity contribution in [1.29, 1.82) is 0 Å². The van der Waals surface area contributed by atoms with Crippen LogP contribution in [-0.4, -0.2) is 13.4 Å². The molecule has 0 atom stereocenters. The maximum Gasteiger partial charge on any atom is 0.238 e. The molecule has 23 heavy (non-hydrogen) atoms. The normalized spacial score (nSPS) is 11.6. The third kappa shape index (κ3) is 3.49. The quantitative estimate of drug-likeness (QED) is 0.771. The van der Waals surface area contributed by atoms with Gasteiger partial charge in [-0.2, -0.15) is 0 Å². The number of aromatic nitrogens is 1. The van der Waals surface area contributed by atoms with E-state index in [1.165, 1.54) is 12.1 Å². The van der Waals surface area contributed by atoms with Crippen LogP contribution in [0.3, 0.4) is 0 Å². The Morgan fingerprint density at radius 1 is 1.09 bits per heavy atom. The number of para-hydroxylation sites is 1. The van der Waals surface area contributed by atoms with Gasteiger partial charge < -0.3 is 5.32 Å². The van der Waals surface area contributed by atoms with Crippen LogP contribution in [0.5, 0.6) is 0 Å². The van der Waals surface area contributed by atoms with Crippen molar-refractivity contribution < 1.29 is 8.42 Å². The van der Waals surface area contributed by atoms with E-state index in [0.29, 0.717) is 6.54 Å². The second-order valence-corrected chi connectivity index (χ2v) is 6.93. The molecule has 0 aliphatic carbocycles. The molecule has 0 saturated heterocycles. The molecule has 6 heteroatoms. The maximum absolute atomic E-state index is 11.3. The number of nitrogens with two attached hydrogens (primary N) is 1. The van der Waals surface area contributed by atoms with Gasteiger partial charge in [0.1, 0.15) is 0 Å². The van der Waals surface area contributed by atoms with Crippen molar-refractivity contribution in [2.75, 3.05) is 5.32 Å². The minimum absolute atomic E-state index is 0.117. The van der Waals surface area contributed by atoms with Gasteiger partial charge in [-0.1, -0.05) is 30.3 Å². The SMILES string of the molecule is Cc1cc(NCc2ccc(S(N)(=O)=O)cc2)c2ccccc2n1. The van der Waals surface area contributed by atoms with E-state index in [1.807, 2.05) is 37.3 Å². The van der Waals surface area contributed by atoms with E-state index < -0.39 is 10.0 Å². The fourth-order valence-corrected chi connectivity index (χ4v) is 2.96. The highest BCUT2D eigenvalue weighted by molar-refractivity contribution is 7.89. The smallest absolute Gasteiger partial charge is 0.238 e. The lowest BCUT2D eigenvalue weighted by molar-refractivity contribution is 0.598. The average Bonchev–Trinajstić information content (AvgIpc) is 2.52. The van der Waals surface area contributed by atoms with Crippen LogP contribution in [0.1, 0.15) is 11.3 Å². The Morgan fingerprint density at radius 2 is 1.78 bits per heavy atom. The molecule has 0 spiro atoms. The third-order valence-electron chi connectivity index (χ3n) is 3.58. The van der Waals surface area contributed by atoms with Crippen LogP contribution in [-0.2, 0) is 16.6 Å². The monoisotopic (exact) mass is 327 g/mol. The summed E-state index contributed by atoms with van der Waals surface area (Å²) in [5, 5.41) is 9.54. The molecule has 0 unspecified atom stereocenters. The number of sulfonamides is 1. The summed E-state index contributed by atoms with van der Waals surface area (Å²) >= 11 is 0. The van der Waals surface area contributed by atoms with Gasteiger partial charge in [-0.15, -0.1) is 0 Å². The Bertz CT molecular complexity index is 951. The van der Waals surface area contributed by atoms with E-state index >= 15 is 0 Å². The van der Waals surface area contributed by atoms with E-state index in [-0.39, 0.29) is 4.90 Å². The number of primary sulfonamides is 1. The Labute approximate surface area is 135 Å². The molecule has 0 aliphatic heterocycles. The summed E-state index contributed by atoms with van der Waals surface area (Å²) in [7, 11) is -3.65. The predicted octanol–water partition coefficient (Wildman–Crippen LogP) is 2.80. The van der Waals surface area contributed by atoms with Crippen LogP contribution in [0.15, 0.2) is 59.5 Å². The van der Waals surface area contributed by atoms with Crippen LogP contribution in [0.25, 0.3) is 10.9 Å². The number of anilines is 1. The number of hydrogen-bond donors (Lipinski definition) is 2. The second-order valence-electron chi connectivity index (χ2n) is 5.37. The van der Waals surface area contributed by atoms with Gasteiger partial charge >= 0.3 is 0 Å². The van der Waals surface area contributed by atoms with Crippen molar-refractivity contribution in [2.24, 2.45) is 5.14 Å². The molecule has 118 valence electrons. The van der Waals surface area contributed by atoms with Crippen molar-refractivity contribution in [3.63, 3.8) is 0 Å². The number of rotatable bonds is 4. The molecule has 0 radical (unpaired) electrons. The van der Waals surface area contributed by atoms with Gasteiger partial charge in [0.05, 0.1) is 10.4 Å². The molecule has 2 aromatic carbocycles. The Morgan fingerprint density at radius 3 is 2.48 bits per heavy atom. The zero-order valence-electron chi connectivity index (χ0n) is 12.7. The molecule has 1 heterocycles. The fourth-order valence-electron chi connectivity index (χ4n) is 2.45. The first kappa shape index (κ1) is 15.5. The number of nitrogens with zero attached hydrogens (tertiary/aromatic N) is 1.